The van der Waals surface area contributed by atoms with Gasteiger partial charge in [-0.15, -0.1) is 0 Å². The topological polar surface area (TPSA) is 105 Å². The van der Waals surface area contributed by atoms with Crippen LogP contribution in [0.5, 0.6) is 5.75 Å². The van der Waals surface area contributed by atoms with Crippen molar-refractivity contribution in [3.63, 3.8) is 0 Å². The van der Waals surface area contributed by atoms with E-state index >= 15 is 0 Å². The highest BCUT2D eigenvalue weighted by Crippen LogP contribution is 2.34. The van der Waals surface area contributed by atoms with Gasteiger partial charge in [-0.1, -0.05) is 18.2 Å². The molecule has 0 fully saturated rings. The largest absolute Gasteiger partial charge is 0.482 e. The zero-order valence-corrected chi connectivity index (χ0v) is 15.4. The molecule has 0 saturated heterocycles. The highest BCUT2D eigenvalue weighted by molar-refractivity contribution is 5.98. The fourth-order valence-electron chi connectivity index (χ4n) is 3.22. The number of anilines is 3. The highest BCUT2D eigenvalue weighted by Gasteiger charge is 2.22. The number of carbonyl (C=O) groups is 1. The van der Waals surface area contributed by atoms with Crippen LogP contribution in [0.25, 0.3) is 16.7 Å². The van der Waals surface area contributed by atoms with Crippen molar-refractivity contribution in [3.05, 3.63) is 65.1 Å². The average Bonchev–Trinajstić information content (AvgIpc) is 3.16. The number of fused-ring (bicyclic) bond motifs is 2. The molecule has 0 bridgehead atoms. The summed E-state index contributed by atoms with van der Waals surface area (Å²) in [4.78, 5) is 33.2. The fourth-order valence-corrected chi connectivity index (χ4v) is 3.22. The molecule has 0 unspecified atom stereocenters. The number of amides is 1. The minimum absolute atomic E-state index is 0.0191. The molecule has 9 nitrogen and oxygen atoms in total. The van der Waals surface area contributed by atoms with Crippen LogP contribution in [0.15, 0.2) is 59.5 Å². The molecule has 144 valence electrons. The quantitative estimate of drug-likeness (QED) is 0.558. The predicted octanol–water partition coefficient (Wildman–Crippen LogP) is 2.21. The Balaban J connectivity index is 1.55. The number of H-pyrrole nitrogens is 1. The number of ether oxygens (including phenoxy) is 1. The van der Waals surface area contributed by atoms with E-state index in [2.05, 4.69) is 20.4 Å². The van der Waals surface area contributed by atoms with Crippen molar-refractivity contribution < 1.29 is 9.53 Å². The van der Waals surface area contributed by atoms with Gasteiger partial charge >= 0.3 is 0 Å². The predicted molar refractivity (Wildman–Crippen MR) is 108 cm³/mol. The van der Waals surface area contributed by atoms with Gasteiger partial charge < -0.3 is 15.0 Å². The summed E-state index contributed by atoms with van der Waals surface area (Å²) >= 11 is 0. The van der Waals surface area contributed by atoms with E-state index < -0.39 is 0 Å². The van der Waals surface area contributed by atoms with Crippen LogP contribution in [-0.4, -0.2) is 39.3 Å². The first kappa shape index (κ1) is 17.0. The second kappa shape index (κ2) is 6.48. The van der Waals surface area contributed by atoms with Crippen molar-refractivity contribution in [2.24, 2.45) is 0 Å². The van der Waals surface area contributed by atoms with Gasteiger partial charge in [-0.3, -0.25) is 14.6 Å². The number of aromatic nitrogens is 4. The lowest BCUT2D eigenvalue weighted by Gasteiger charge is -2.26. The summed E-state index contributed by atoms with van der Waals surface area (Å²) in [6.45, 7) is 0.0191. The highest BCUT2D eigenvalue weighted by atomic mass is 16.5. The zero-order chi connectivity index (χ0) is 20.0. The molecule has 0 aliphatic carbocycles. The van der Waals surface area contributed by atoms with Crippen LogP contribution in [0.3, 0.4) is 0 Å². The number of nitrogens with one attached hydrogen (secondary N) is 2. The third-order valence-corrected chi connectivity index (χ3v) is 4.75. The van der Waals surface area contributed by atoms with Crippen molar-refractivity contribution in [1.29, 1.82) is 0 Å². The average molecular weight is 388 g/mol. The number of hydrogen-bond acceptors (Lipinski definition) is 6. The van der Waals surface area contributed by atoms with Gasteiger partial charge in [0.25, 0.3) is 11.5 Å². The molecule has 0 radical (unpaired) electrons. The van der Waals surface area contributed by atoms with Crippen LogP contribution in [0.1, 0.15) is 0 Å². The minimum atomic E-state index is -0.298. The number of nitrogens with zero attached hydrogens (tertiary/aromatic N) is 4. The summed E-state index contributed by atoms with van der Waals surface area (Å²) < 4.78 is 7.05. The number of hydrogen-bond donors (Lipinski definition) is 2. The molecule has 0 saturated carbocycles. The monoisotopic (exact) mass is 388 g/mol. The van der Waals surface area contributed by atoms with Crippen molar-refractivity contribution in [2.45, 2.75) is 0 Å². The summed E-state index contributed by atoms with van der Waals surface area (Å²) in [5, 5.41) is 7.78. The van der Waals surface area contributed by atoms with Gasteiger partial charge in [0.15, 0.2) is 12.3 Å². The molecule has 1 aliphatic rings. The molecule has 4 aromatic rings. The van der Waals surface area contributed by atoms with Crippen LogP contribution in [0, 0.1) is 0 Å². The van der Waals surface area contributed by atoms with Crippen LogP contribution >= 0.6 is 0 Å². The molecule has 29 heavy (non-hydrogen) atoms. The number of benzene rings is 2. The van der Waals surface area contributed by atoms with Crippen LogP contribution in [0.4, 0.5) is 17.3 Å². The van der Waals surface area contributed by atoms with Gasteiger partial charge in [-0.05, 0) is 30.3 Å². The zero-order valence-electron chi connectivity index (χ0n) is 15.4. The van der Waals surface area contributed by atoms with Crippen LogP contribution in [-0.2, 0) is 4.79 Å². The lowest BCUT2D eigenvalue weighted by atomic mass is 10.2. The van der Waals surface area contributed by atoms with Gasteiger partial charge in [0.2, 0.25) is 5.95 Å². The van der Waals surface area contributed by atoms with Crippen LogP contribution < -0.4 is 20.5 Å². The summed E-state index contributed by atoms with van der Waals surface area (Å²) in [6, 6.07) is 14.8. The maximum absolute atomic E-state index is 12.5. The summed E-state index contributed by atoms with van der Waals surface area (Å²) in [7, 11) is 1.69. The molecular weight excluding hydrogens is 372 g/mol. The Bertz CT molecular complexity index is 1290. The van der Waals surface area contributed by atoms with Crippen LogP contribution in [0.2, 0.25) is 0 Å². The minimum Gasteiger partial charge on any atom is -0.482 e. The number of carbonyl (C=O) groups excluding carboxylic acids is 1. The Labute approximate surface area is 164 Å². The molecule has 0 spiro atoms. The molecule has 9 heteroatoms. The summed E-state index contributed by atoms with van der Waals surface area (Å²) in [5.74, 6) is 0.761. The third-order valence-electron chi connectivity index (χ3n) is 4.75. The van der Waals surface area contributed by atoms with Gasteiger partial charge in [0.1, 0.15) is 11.1 Å². The van der Waals surface area contributed by atoms with Crippen molar-refractivity contribution in [3.8, 4) is 11.4 Å². The Kier molecular flexibility index (Phi) is 3.80. The SMILES string of the molecule is CN1C(=O)COc2ccc(Nc3nc4c(cnn4-c4ccccc4)c(=O)[nH]3)cc21. The smallest absolute Gasteiger partial charge is 0.264 e. The number of aromatic amines is 1. The van der Waals surface area contributed by atoms with Gasteiger partial charge in [-0.25, -0.2) is 4.68 Å². The van der Waals surface area contributed by atoms with Crippen molar-refractivity contribution in [1.82, 2.24) is 19.7 Å². The van der Waals surface area contributed by atoms with Crippen molar-refractivity contribution in [2.75, 3.05) is 23.9 Å². The fraction of sp³-hybridized carbons (Fsp3) is 0.100. The molecule has 2 aromatic carbocycles. The summed E-state index contributed by atoms with van der Waals surface area (Å²) in [5.41, 5.74) is 2.24. The Morgan fingerprint density at radius 3 is 2.79 bits per heavy atom. The Morgan fingerprint density at radius 1 is 1.14 bits per heavy atom. The first-order valence-corrected chi connectivity index (χ1v) is 8.94. The third kappa shape index (κ3) is 2.89. The molecule has 1 amide bonds. The van der Waals surface area contributed by atoms with E-state index in [9.17, 15) is 9.59 Å². The lowest BCUT2D eigenvalue weighted by Crippen LogP contribution is -2.35. The van der Waals surface area contributed by atoms with E-state index in [4.69, 9.17) is 4.74 Å². The lowest BCUT2D eigenvalue weighted by molar-refractivity contribution is -0.120. The van der Waals surface area contributed by atoms with E-state index in [-0.39, 0.29) is 24.0 Å². The summed E-state index contributed by atoms with van der Waals surface area (Å²) in [6.07, 6.45) is 1.49. The molecule has 2 N–H and O–H groups in total. The molecule has 3 heterocycles. The van der Waals surface area contributed by atoms with E-state index in [1.807, 2.05) is 30.3 Å². The van der Waals surface area contributed by atoms with Gasteiger partial charge in [0.05, 0.1) is 17.6 Å². The first-order chi connectivity index (χ1) is 14.1. The molecule has 5 rings (SSSR count). The Hall–Kier alpha value is -4.14. The van der Waals surface area contributed by atoms with Crippen molar-refractivity contribution >= 4 is 34.3 Å². The second-order valence-corrected chi connectivity index (χ2v) is 6.59. The van der Waals surface area contributed by atoms with E-state index in [0.717, 1.165) is 5.69 Å². The van der Waals surface area contributed by atoms with E-state index in [1.54, 1.807) is 29.9 Å². The maximum Gasteiger partial charge on any atom is 0.264 e. The molecule has 2 aromatic heterocycles. The van der Waals surface area contributed by atoms with Gasteiger partial charge in [-0.2, -0.15) is 10.1 Å². The number of rotatable bonds is 3. The molecular formula is C20H16N6O3. The maximum atomic E-state index is 12.5. The molecule has 0 atom stereocenters. The van der Waals surface area contributed by atoms with E-state index in [0.29, 0.717) is 28.2 Å². The number of para-hydroxylation sites is 1. The normalized spacial score (nSPS) is 13.3. The second-order valence-electron chi connectivity index (χ2n) is 6.59. The number of likely N-dealkylation sites (N-methyl/N-ethyl adjacent to an activating group) is 1. The standard InChI is InChI=1S/C20H16N6O3/c1-25-15-9-12(7-8-16(15)29-11-17(25)27)22-20-23-18-14(19(28)24-20)10-21-26(18)13-5-3-2-4-6-13/h2-10H,11H2,1H3,(H2,22,23,24,28). The van der Waals surface area contributed by atoms with Gasteiger partial charge in [0, 0.05) is 12.7 Å². The molecule has 1 aliphatic heterocycles. The first-order valence-electron chi connectivity index (χ1n) is 8.94. The Morgan fingerprint density at radius 2 is 1.97 bits per heavy atom. The van der Waals surface area contributed by atoms with E-state index in [1.165, 1.54) is 11.1 Å².